The van der Waals surface area contributed by atoms with Crippen LogP contribution in [-0.2, 0) is 24.2 Å². The van der Waals surface area contributed by atoms with Gasteiger partial charge in [0.2, 0.25) is 0 Å². The summed E-state index contributed by atoms with van der Waals surface area (Å²) in [4.78, 5) is 27.1. The molecule has 1 amide bonds. The van der Waals surface area contributed by atoms with Crippen molar-refractivity contribution in [2.45, 2.75) is 45.7 Å². The molecule has 9 heteroatoms. The second-order valence-corrected chi connectivity index (χ2v) is 8.06. The van der Waals surface area contributed by atoms with Gasteiger partial charge in [0.1, 0.15) is 29.6 Å². The number of amides is 1. The number of hydrogen-bond donors (Lipinski definition) is 0. The molecule has 4 rings (SSSR count). The minimum absolute atomic E-state index is 0.0538. The summed E-state index contributed by atoms with van der Waals surface area (Å²) >= 11 is 1.54. The molecule has 0 bridgehead atoms. The van der Waals surface area contributed by atoms with Crippen LogP contribution in [0.5, 0.6) is 0 Å². The predicted octanol–water partition coefficient (Wildman–Crippen LogP) is 3.27. The lowest BCUT2D eigenvalue weighted by molar-refractivity contribution is -0.133. The maximum absolute atomic E-state index is 13.3. The van der Waals surface area contributed by atoms with Gasteiger partial charge in [-0.2, -0.15) is 15.5 Å². The van der Waals surface area contributed by atoms with Crippen LogP contribution in [0.4, 0.5) is 0 Å². The van der Waals surface area contributed by atoms with Crippen molar-refractivity contribution in [2.24, 2.45) is 5.10 Å². The minimum Gasteiger partial charge on any atom is -0.463 e. The molecule has 0 N–H and O–H groups in total. The number of rotatable bonds is 6. The van der Waals surface area contributed by atoms with Crippen molar-refractivity contribution >= 4 is 23.0 Å². The van der Waals surface area contributed by atoms with Gasteiger partial charge in [0.05, 0.1) is 18.0 Å². The Morgan fingerprint density at radius 3 is 2.77 bits per heavy atom. The van der Waals surface area contributed by atoms with Gasteiger partial charge < -0.3 is 4.42 Å². The molecule has 0 aliphatic carbocycles. The third kappa shape index (κ3) is 3.82. The first-order chi connectivity index (χ1) is 15.1. The summed E-state index contributed by atoms with van der Waals surface area (Å²) in [5.41, 5.74) is 1.48. The van der Waals surface area contributed by atoms with Crippen molar-refractivity contribution in [1.82, 2.24) is 14.8 Å². The Labute approximate surface area is 183 Å². The van der Waals surface area contributed by atoms with Crippen LogP contribution in [0, 0.1) is 11.3 Å². The van der Waals surface area contributed by atoms with Crippen LogP contribution in [0.1, 0.15) is 53.8 Å². The number of aromatic nitrogens is 2. The zero-order valence-electron chi connectivity index (χ0n) is 17.2. The van der Waals surface area contributed by atoms with E-state index in [9.17, 15) is 14.9 Å². The molecule has 0 saturated heterocycles. The molecule has 0 radical (unpaired) electrons. The van der Waals surface area contributed by atoms with E-state index in [2.05, 4.69) is 10.2 Å². The standard InChI is InChI=1S/C22H21N5O3S/c1-3-14-15(12-23)22(29)26(24-16(14)4-2)13-21(28)27-18(20-8-6-10-31-20)11-17(25-27)19-7-5-9-30-19/h5-10,18H,3-4,11,13H2,1-2H3. The monoisotopic (exact) mass is 435 g/mol. The van der Waals surface area contributed by atoms with E-state index < -0.39 is 5.56 Å². The molecule has 1 atom stereocenters. The van der Waals surface area contributed by atoms with Crippen molar-refractivity contribution in [3.05, 3.63) is 73.7 Å². The van der Waals surface area contributed by atoms with Gasteiger partial charge in [-0.15, -0.1) is 11.3 Å². The number of aryl methyl sites for hydroxylation is 1. The van der Waals surface area contributed by atoms with Crippen LogP contribution in [-0.4, -0.2) is 26.4 Å². The van der Waals surface area contributed by atoms with E-state index in [1.165, 1.54) is 5.01 Å². The Balaban J connectivity index is 1.69. The maximum Gasteiger partial charge on any atom is 0.285 e. The van der Waals surface area contributed by atoms with Crippen molar-refractivity contribution in [2.75, 3.05) is 0 Å². The molecule has 158 valence electrons. The summed E-state index contributed by atoms with van der Waals surface area (Å²) in [6, 6.07) is 9.18. The zero-order chi connectivity index (χ0) is 22.0. The summed E-state index contributed by atoms with van der Waals surface area (Å²) in [6.45, 7) is 3.50. The summed E-state index contributed by atoms with van der Waals surface area (Å²) in [7, 11) is 0. The Morgan fingerprint density at radius 2 is 2.16 bits per heavy atom. The van der Waals surface area contributed by atoms with Crippen LogP contribution in [0.3, 0.4) is 0 Å². The van der Waals surface area contributed by atoms with Gasteiger partial charge in [0.25, 0.3) is 11.5 Å². The van der Waals surface area contributed by atoms with Crippen LogP contribution in [0.25, 0.3) is 0 Å². The van der Waals surface area contributed by atoms with Crippen molar-refractivity contribution in [3.63, 3.8) is 0 Å². The highest BCUT2D eigenvalue weighted by atomic mass is 32.1. The lowest BCUT2D eigenvalue weighted by Gasteiger charge is -2.21. The highest BCUT2D eigenvalue weighted by molar-refractivity contribution is 7.10. The molecule has 3 aromatic heterocycles. The van der Waals surface area contributed by atoms with Gasteiger partial charge >= 0.3 is 0 Å². The lowest BCUT2D eigenvalue weighted by atomic mass is 10.0. The average Bonchev–Trinajstić information content (AvgIpc) is 3.55. The molecule has 1 aliphatic rings. The van der Waals surface area contributed by atoms with Gasteiger partial charge in [-0.1, -0.05) is 19.9 Å². The van der Waals surface area contributed by atoms with E-state index in [-0.39, 0.29) is 24.1 Å². The fraction of sp³-hybridized carbons (Fsp3) is 0.318. The number of carbonyl (C=O) groups excluding carboxylic acids is 1. The maximum atomic E-state index is 13.3. The van der Waals surface area contributed by atoms with Crippen LogP contribution in [0.15, 0.2) is 50.2 Å². The average molecular weight is 436 g/mol. The van der Waals surface area contributed by atoms with Crippen molar-refractivity contribution in [3.8, 4) is 6.07 Å². The Bertz CT molecular complexity index is 1220. The van der Waals surface area contributed by atoms with E-state index in [4.69, 9.17) is 4.42 Å². The number of furan rings is 1. The summed E-state index contributed by atoms with van der Waals surface area (Å²) in [5.74, 6) is 0.240. The molecule has 0 saturated carbocycles. The first-order valence-corrected chi connectivity index (χ1v) is 10.9. The first-order valence-electron chi connectivity index (χ1n) is 10.1. The van der Waals surface area contributed by atoms with E-state index in [0.29, 0.717) is 42.0 Å². The topological polar surface area (TPSA) is 104 Å². The van der Waals surface area contributed by atoms with Gasteiger partial charge in [-0.05, 0) is 42.0 Å². The van der Waals surface area contributed by atoms with Gasteiger partial charge in [0, 0.05) is 11.3 Å². The smallest absolute Gasteiger partial charge is 0.285 e. The number of thiophene rings is 1. The zero-order valence-corrected chi connectivity index (χ0v) is 18.1. The molecular formula is C22H21N5O3S. The third-order valence-electron chi connectivity index (χ3n) is 5.27. The quantitative estimate of drug-likeness (QED) is 0.591. The first kappa shape index (κ1) is 20.8. The highest BCUT2D eigenvalue weighted by Crippen LogP contribution is 2.35. The normalized spacial score (nSPS) is 15.7. The van der Waals surface area contributed by atoms with Crippen LogP contribution >= 0.6 is 11.3 Å². The van der Waals surface area contributed by atoms with Crippen LogP contribution in [0.2, 0.25) is 0 Å². The number of nitriles is 1. The molecule has 0 fully saturated rings. The lowest BCUT2D eigenvalue weighted by Crippen LogP contribution is -2.36. The molecule has 0 aromatic carbocycles. The third-order valence-corrected chi connectivity index (χ3v) is 6.24. The second-order valence-electron chi connectivity index (χ2n) is 7.08. The number of hydrogen-bond acceptors (Lipinski definition) is 7. The molecule has 31 heavy (non-hydrogen) atoms. The van der Waals surface area contributed by atoms with E-state index >= 15 is 0 Å². The van der Waals surface area contributed by atoms with E-state index in [0.717, 1.165) is 9.56 Å². The Hall–Kier alpha value is -3.51. The molecule has 8 nitrogen and oxygen atoms in total. The summed E-state index contributed by atoms with van der Waals surface area (Å²) in [6.07, 6.45) is 3.18. The van der Waals surface area contributed by atoms with Crippen molar-refractivity contribution in [1.29, 1.82) is 5.26 Å². The van der Waals surface area contributed by atoms with Crippen LogP contribution < -0.4 is 5.56 Å². The fourth-order valence-electron chi connectivity index (χ4n) is 3.78. The highest BCUT2D eigenvalue weighted by Gasteiger charge is 2.35. The Kier molecular flexibility index (Phi) is 5.82. The van der Waals surface area contributed by atoms with Crippen molar-refractivity contribution < 1.29 is 9.21 Å². The molecule has 1 aliphatic heterocycles. The summed E-state index contributed by atoms with van der Waals surface area (Å²) < 4.78 is 6.55. The summed E-state index contributed by atoms with van der Waals surface area (Å²) in [5, 5.41) is 21.8. The van der Waals surface area contributed by atoms with Gasteiger partial charge in [-0.3, -0.25) is 9.59 Å². The largest absolute Gasteiger partial charge is 0.463 e. The SMILES string of the molecule is CCc1nn(CC(=O)N2N=C(c3ccco3)CC2c2cccs2)c(=O)c(C#N)c1CC. The second kappa shape index (κ2) is 8.70. The minimum atomic E-state index is -0.549. The number of nitrogens with zero attached hydrogens (tertiary/aromatic N) is 5. The number of carbonyl (C=O) groups is 1. The Morgan fingerprint density at radius 1 is 1.32 bits per heavy atom. The van der Waals surface area contributed by atoms with Gasteiger partial charge in [0.15, 0.2) is 0 Å². The van der Waals surface area contributed by atoms with E-state index in [1.54, 1.807) is 29.7 Å². The molecular weight excluding hydrogens is 414 g/mol. The molecule has 1 unspecified atom stereocenters. The molecule has 0 spiro atoms. The predicted molar refractivity (Wildman–Crippen MR) is 116 cm³/mol. The molecule has 4 heterocycles. The van der Waals surface area contributed by atoms with Gasteiger partial charge in [-0.25, -0.2) is 9.69 Å². The van der Waals surface area contributed by atoms with E-state index in [1.807, 2.05) is 37.4 Å². The fourth-order valence-corrected chi connectivity index (χ4v) is 4.59. The number of hydrazone groups is 1. The molecule has 3 aromatic rings.